The summed E-state index contributed by atoms with van der Waals surface area (Å²) in [7, 11) is 0. The molecule has 0 N–H and O–H groups in total. The lowest BCUT2D eigenvalue weighted by atomic mass is 10.1. The van der Waals surface area contributed by atoms with Crippen LogP contribution in [0.1, 0.15) is 23.8 Å². The predicted molar refractivity (Wildman–Crippen MR) is 86.6 cm³/mol. The van der Waals surface area contributed by atoms with Crippen molar-refractivity contribution in [3.63, 3.8) is 0 Å². The van der Waals surface area contributed by atoms with Crippen molar-refractivity contribution in [2.24, 2.45) is 0 Å². The van der Waals surface area contributed by atoms with Crippen molar-refractivity contribution in [3.8, 4) is 11.5 Å². The second kappa shape index (κ2) is 6.30. The van der Waals surface area contributed by atoms with Gasteiger partial charge in [0, 0.05) is 31.0 Å². The molecule has 0 spiro atoms. The van der Waals surface area contributed by atoms with Crippen molar-refractivity contribution in [3.05, 3.63) is 66.3 Å². The van der Waals surface area contributed by atoms with Crippen LogP contribution in [0.15, 0.2) is 59.3 Å². The molecule has 5 nitrogen and oxygen atoms in total. The summed E-state index contributed by atoms with van der Waals surface area (Å²) in [6.07, 6.45) is 4.78. The SMILES string of the molecule is c1ccc(-c2nnc([C@H]3CCN(Cc4cccnc4)C3)o2)cc1. The molecule has 4 rings (SSSR count). The molecule has 0 saturated carbocycles. The number of rotatable bonds is 4. The lowest BCUT2D eigenvalue weighted by Crippen LogP contribution is -2.19. The van der Waals surface area contributed by atoms with E-state index in [1.165, 1.54) is 5.56 Å². The molecule has 5 heteroatoms. The van der Waals surface area contributed by atoms with Gasteiger partial charge in [-0.3, -0.25) is 9.88 Å². The van der Waals surface area contributed by atoms with Gasteiger partial charge in [0.2, 0.25) is 11.8 Å². The van der Waals surface area contributed by atoms with Gasteiger partial charge in [0.15, 0.2) is 0 Å². The van der Waals surface area contributed by atoms with Crippen molar-refractivity contribution in [2.75, 3.05) is 13.1 Å². The molecular formula is C18H18N4O. The second-order valence-electron chi connectivity index (χ2n) is 5.89. The fourth-order valence-corrected chi connectivity index (χ4v) is 3.02. The van der Waals surface area contributed by atoms with Crippen LogP contribution >= 0.6 is 0 Å². The first-order chi connectivity index (χ1) is 11.4. The Kier molecular flexibility index (Phi) is 3.86. The van der Waals surface area contributed by atoms with Gasteiger partial charge in [-0.2, -0.15) is 0 Å². The van der Waals surface area contributed by atoms with E-state index >= 15 is 0 Å². The molecule has 3 heterocycles. The first-order valence-electron chi connectivity index (χ1n) is 7.88. The highest BCUT2D eigenvalue weighted by molar-refractivity contribution is 5.51. The van der Waals surface area contributed by atoms with E-state index in [1.807, 2.05) is 42.6 Å². The Morgan fingerprint density at radius 3 is 2.83 bits per heavy atom. The molecule has 0 bridgehead atoms. The molecule has 116 valence electrons. The van der Waals surface area contributed by atoms with Gasteiger partial charge >= 0.3 is 0 Å². The molecule has 1 atom stereocenters. The van der Waals surface area contributed by atoms with Crippen LogP contribution in [-0.2, 0) is 6.54 Å². The highest BCUT2D eigenvalue weighted by Gasteiger charge is 2.28. The molecule has 0 radical (unpaired) electrons. The number of aromatic nitrogens is 3. The minimum atomic E-state index is 0.316. The Labute approximate surface area is 135 Å². The largest absolute Gasteiger partial charge is 0.420 e. The van der Waals surface area contributed by atoms with Crippen LogP contribution in [0.2, 0.25) is 0 Å². The summed E-state index contributed by atoms with van der Waals surface area (Å²) in [6, 6.07) is 14.0. The number of pyridine rings is 1. The van der Waals surface area contributed by atoms with E-state index in [-0.39, 0.29) is 0 Å². The minimum absolute atomic E-state index is 0.316. The number of likely N-dealkylation sites (tertiary alicyclic amines) is 1. The van der Waals surface area contributed by atoms with E-state index in [9.17, 15) is 0 Å². The van der Waals surface area contributed by atoms with Crippen molar-refractivity contribution in [1.29, 1.82) is 0 Å². The quantitative estimate of drug-likeness (QED) is 0.741. The van der Waals surface area contributed by atoms with Gasteiger partial charge in [0.05, 0.1) is 5.92 Å². The standard InChI is InChI=1S/C18H18N4O/c1-2-6-15(7-3-1)17-20-21-18(23-17)16-8-10-22(13-16)12-14-5-4-9-19-11-14/h1-7,9,11,16H,8,10,12-13H2/t16-/m0/s1. The Hall–Kier alpha value is -2.53. The minimum Gasteiger partial charge on any atom is -0.420 e. The molecule has 0 unspecified atom stereocenters. The molecule has 2 aromatic heterocycles. The maximum atomic E-state index is 5.89. The highest BCUT2D eigenvalue weighted by Crippen LogP contribution is 2.29. The summed E-state index contributed by atoms with van der Waals surface area (Å²) in [5, 5.41) is 8.46. The maximum Gasteiger partial charge on any atom is 0.247 e. The molecule has 1 aliphatic rings. The second-order valence-corrected chi connectivity index (χ2v) is 5.89. The number of benzene rings is 1. The van der Waals surface area contributed by atoms with Crippen LogP contribution in [0.3, 0.4) is 0 Å². The van der Waals surface area contributed by atoms with Crippen LogP contribution in [0.4, 0.5) is 0 Å². The lowest BCUT2D eigenvalue weighted by molar-refractivity contribution is 0.320. The molecule has 1 aliphatic heterocycles. The number of hydrogen-bond donors (Lipinski definition) is 0. The van der Waals surface area contributed by atoms with E-state index in [4.69, 9.17) is 4.42 Å². The fraction of sp³-hybridized carbons (Fsp3) is 0.278. The van der Waals surface area contributed by atoms with Gasteiger partial charge in [-0.25, -0.2) is 0 Å². The molecule has 23 heavy (non-hydrogen) atoms. The summed E-state index contributed by atoms with van der Waals surface area (Å²) < 4.78 is 5.89. The van der Waals surface area contributed by atoms with E-state index in [0.29, 0.717) is 11.8 Å². The zero-order valence-electron chi connectivity index (χ0n) is 12.8. The average molecular weight is 306 g/mol. The molecule has 0 aliphatic carbocycles. The smallest absolute Gasteiger partial charge is 0.247 e. The first-order valence-corrected chi connectivity index (χ1v) is 7.88. The van der Waals surface area contributed by atoms with Crippen molar-refractivity contribution in [2.45, 2.75) is 18.9 Å². The fourth-order valence-electron chi connectivity index (χ4n) is 3.02. The van der Waals surface area contributed by atoms with Crippen molar-refractivity contribution in [1.82, 2.24) is 20.1 Å². The summed E-state index contributed by atoms with van der Waals surface area (Å²) >= 11 is 0. The molecule has 3 aromatic rings. The van der Waals surface area contributed by atoms with Gasteiger partial charge in [-0.1, -0.05) is 24.3 Å². The molecule has 1 fully saturated rings. The van der Waals surface area contributed by atoms with E-state index in [2.05, 4.69) is 26.1 Å². The average Bonchev–Trinajstić information content (AvgIpc) is 3.26. The Bertz CT molecular complexity index is 757. The molecular weight excluding hydrogens is 288 g/mol. The number of nitrogens with zero attached hydrogens (tertiary/aromatic N) is 4. The summed E-state index contributed by atoms with van der Waals surface area (Å²) in [5.74, 6) is 1.67. The van der Waals surface area contributed by atoms with Gasteiger partial charge in [-0.05, 0) is 36.7 Å². The summed E-state index contributed by atoms with van der Waals surface area (Å²) in [5.41, 5.74) is 2.21. The molecule has 0 amide bonds. The van der Waals surface area contributed by atoms with E-state index < -0.39 is 0 Å². The van der Waals surface area contributed by atoms with Crippen molar-refractivity contribution >= 4 is 0 Å². The highest BCUT2D eigenvalue weighted by atomic mass is 16.4. The third-order valence-electron chi connectivity index (χ3n) is 4.21. The molecule has 1 aromatic carbocycles. The summed E-state index contributed by atoms with van der Waals surface area (Å²) in [4.78, 5) is 6.58. The zero-order chi connectivity index (χ0) is 15.5. The predicted octanol–water partition coefficient (Wildman–Crippen LogP) is 3.12. The normalized spacial score (nSPS) is 18.3. The van der Waals surface area contributed by atoms with Crippen LogP contribution in [-0.4, -0.2) is 33.2 Å². The Morgan fingerprint density at radius 2 is 2.00 bits per heavy atom. The van der Waals surface area contributed by atoms with Crippen LogP contribution < -0.4 is 0 Å². The van der Waals surface area contributed by atoms with Crippen LogP contribution in [0.25, 0.3) is 11.5 Å². The van der Waals surface area contributed by atoms with Crippen molar-refractivity contribution < 1.29 is 4.42 Å². The third-order valence-corrected chi connectivity index (χ3v) is 4.21. The molecule has 1 saturated heterocycles. The van der Waals surface area contributed by atoms with E-state index in [1.54, 1.807) is 6.20 Å². The summed E-state index contributed by atoms with van der Waals surface area (Å²) in [6.45, 7) is 2.91. The first kappa shape index (κ1) is 14.1. The van der Waals surface area contributed by atoms with Crippen LogP contribution in [0, 0.1) is 0 Å². The zero-order valence-corrected chi connectivity index (χ0v) is 12.8. The Balaban J connectivity index is 1.43. The van der Waals surface area contributed by atoms with Gasteiger partial charge in [0.25, 0.3) is 0 Å². The van der Waals surface area contributed by atoms with Crippen LogP contribution in [0.5, 0.6) is 0 Å². The van der Waals surface area contributed by atoms with Gasteiger partial charge in [0.1, 0.15) is 0 Å². The topological polar surface area (TPSA) is 55.1 Å². The van der Waals surface area contributed by atoms with E-state index in [0.717, 1.165) is 37.5 Å². The van der Waals surface area contributed by atoms with Gasteiger partial charge < -0.3 is 4.42 Å². The maximum absolute atomic E-state index is 5.89. The number of hydrogen-bond acceptors (Lipinski definition) is 5. The lowest BCUT2D eigenvalue weighted by Gasteiger charge is -2.14. The monoisotopic (exact) mass is 306 g/mol. The third kappa shape index (κ3) is 3.14. The van der Waals surface area contributed by atoms with Gasteiger partial charge in [-0.15, -0.1) is 10.2 Å². The Morgan fingerprint density at radius 1 is 1.09 bits per heavy atom.